The Balaban J connectivity index is 2.42. The minimum atomic E-state index is -0.878. The molecule has 0 aliphatic rings. The SMILES string of the molecule is CCC(CNC(=O)CCc1ccc(OC)c(Br)c1)C(=O)O. The third-order valence-corrected chi connectivity index (χ3v) is 3.86. The maximum absolute atomic E-state index is 11.7. The lowest BCUT2D eigenvalue weighted by atomic mass is 10.1. The monoisotopic (exact) mass is 357 g/mol. The van der Waals surface area contributed by atoms with Crippen LogP contribution in [-0.2, 0) is 16.0 Å². The Morgan fingerprint density at radius 2 is 2.14 bits per heavy atom. The average molecular weight is 358 g/mol. The zero-order chi connectivity index (χ0) is 15.8. The fourth-order valence-corrected chi connectivity index (χ4v) is 2.44. The van der Waals surface area contributed by atoms with E-state index in [1.807, 2.05) is 18.2 Å². The first-order chi connectivity index (χ1) is 9.97. The molecule has 1 atom stereocenters. The van der Waals surface area contributed by atoms with Crippen molar-refractivity contribution in [1.29, 1.82) is 0 Å². The molecule has 0 heterocycles. The van der Waals surface area contributed by atoms with Gasteiger partial charge in [-0.25, -0.2) is 0 Å². The Bertz CT molecular complexity index is 504. The summed E-state index contributed by atoms with van der Waals surface area (Å²) >= 11 is 3.40. The number of carboxylic acid groups (broad SMARTS) is 1. The largest absolute Gasteiger partial charge is 0.496 e. The highest BCUT2D eigenvalue weighted by Gasteiger charge is 2.15. The smallest absolute Gasteiger partial charge is 0.308 e. The summed E-state index contributed by atoms with van der Waals surface area (Å²) in [6.45, 7) is 1.97. The molecule has 5 nitrogen and oxygen atoms in total. The number of carboxylic acids is 1. The maximum atomic E-state index is 11.7. The fraction of sp³-hybridized carbons (Fsp3) is 0.467. The van der Waals surface area contributed by atoms with E-state index in [0.29, 0.717) is 19.3 Å². The second kappa shape index (κ2) is 8.67. The summed E-state index contributed by atoms with van der Waals surface area (Å²) in [4.78, 5) is 22.6. The molecule has 1 rings (SSSR count). The topological polar surface area (TPSA) is 75.6 Å². The summed E-state index contributed by atoms with van der Waals surface area (Å²) in [5, 5.41) is 11.6. The maximum Gasteiger partial charge on any atom is 0.308 e. The molecule has 0 radical (unpaired) electrons. The van der Waals surface area contributed by atoms with Gasteiger partial charge in [0.25, 0.3) is 0 Å². The second-order valence-electron chi connectivity index (χ2n) is 4.72. The van der Waals surface area contributed by atoms with Gasteiger partial charge in [-0.15, -0.1) is 0 Å². The molecule has 0 bridgehead atoms. The van der Waals surface area contributed by atoms with Crippen LogP contribution >= 0.6 is 15.9 Å². The summed E-state index contributed by atoms with van der Waals surface area (Å²) in [7, 11) is 1.60. The average Bonchev–Trinajstić information content (AvgIpc) is 2.45. The van der Waals surface area contributed by atoms with Crippen LogP contribution in [0.1, 0.15) is 25.3 Å². The summed E-state index contributed by atoms with van der Waals surface area (Å²) < 4.78 is 5.99. The van der Waals surface area contributed by atoms with Gasteiger partial charge in [-0.05, 0) is 46.5 Å². The molecule has 0 aliphatic heterocycles. The summed E-state index contributed by atoms with van der Waals surface area (Å²) in [5.41, 5.74) is 1.02. The molecule has 116 valence electrons. The van der Waals surface area contributed by atoms with Crippen LogP contribution in [0.4, 0.5) is 0 Å². The zero-order valence-electron chi connectivity index (χ0n) is 12.2. The van der Waals surface area contributed by atoms with Crippen molar-refractivity contribution in [3.05, 3.63) is 28.2 Å². The van der Waals surface area contributed by atoms with Crippen LogP contribution < -0.4 is 10.1 Å². The van der Waals surface area contributed by atoms with Crippen LogP contribution in [0.2, 0.25) is 0 Å². The number of ether oxygens (including phenoxy) is 1. The molecular weight excluding hydrogens is 338 g/mol. The van der Waals surface area contributed by atoms with Crippen molar-refractivity contribution in [3.8, 4) is 5.75 Å². The van der Waals surface area contributed by atoms with Crippen molar-refractivity contribution in [3.63, 3.8) is 0 Å². The highest BCUT2D eigenvalue weighted by atomic mass is 79.9. The second-order valence-corrected chi connectivity index (χ2v) is 5.57. The fourth-order valence-electron chi connectivity index (χ4n) is 1.85. The number of aryl methyl sites for hydroxylation is 1. The summed E-state index contributed by atoms with van der Waals surface area (Å²) in [5.74, 6) is -0.793. The molecule has 1 unspecified atom stereocenters. The Morgan fingerprint density at radius 1 is 1.43 bits per heavy atom. The highest BCUT2D eigenvalue weighted by Crippen LogP contribution is 2.25. The van der Waals surface area contributed by atoms with Gasteiger partial charge >= 0.3 is 5.97 Å². The standard InChI is InChI=1S/C15H20BrNO4/c1-3-11(15(19)20)9-17-14(18)7-5-10-4-6-13(21-2)12(16)8-10/h4,6,8,11H,3,5,7,9H2,1-2H3,(H,17,18)(H,19,20). The lowest BCUT2D eigenvalue weighted by Gasteiger charge is -2.11. The van der Waals surface area contributed by atoms with Crippen LogP contribution in [0.5, 0.6) is 5.75 Å². The number of aliphatic carboxylic acids is 1. The van der Waals surface area contributed by atoms with Crippen molar-refractivity contribution in [1.82, 2.24) is 5.32 Å². The normalized spacial score (nSPS) is 11.8. The van der Waals surface area contributed by atoms with Crippen LogP contribution in [0.3, 0.4) is 0 Å². The predicted molar refractivity (Wildman–Crippen MR) is 83.4 cm³/mol. The lowest BCUT2D eigenvalue weighted by molar-refractivity contribution is -0.141. The Labute approximate surface area is 132 Å². The minimum absolute atomic E-state index is 0.137. The molecule has 1 aromatic rings. The van der Waals surface area contributed by atoms with Gasteiger partial charge in [0.2, 0.25) is 5.91 Å². The Hall–Kier alpha value is -1.56. The number of carbonyl (C=O) groups is 2. The van der Waals surface area contributed by atoms with E-state index in [2.05, 4.69) is 21.2 Å². The first-order valence-electron chi connectivity index (χ1n) is 6.79. The number of benzene rings is 1. The number of rotatable bonds is 8. The molecule has 6 heteroatoms. The molecule has 1 aromatic carbocycles. The lowest BCUT2D eigenvalue weighted by Crippen LogP contribution is -2.32. The third-order valence-electron chi connectivity index (χ3n) is 3.24. The first-order valence-corrected chi connectivity index (χ1v) is 7.59. The molecule has 0 aliphatic carbocycles. The van der Waals surface area contributed by atoms with E-state index in [9.17, 15) is 9.59 Å². The van der Waals surface area contributed by atoms with Gasteiger partial charge in [-0.3, -0.25) is 9.59 Å². The molecule has 21 heavy (non-hydrogen) atoms. The zero-order valence-corrected chi connectivity index (χ0v) is 13.8. The van der Waals surface area contributed by atoms with Gasteiger partial charge in [-0.1, -0.05) is 13.0 Å². The van der Waals surface area contributed by atoms with Crippen LogP contribution in [0.15, 0.2) is 22.7 Å². The molecule has 0 fully saturated rings. The van der Waals surface area contributed by atoms with E-state index in [4.69, 9.17) is 9.84 Å². The van der Waals surface area contributed by atoms with E-state index < -0.39 is 11.9 Å². The predicted octanol–water partition coefficient (Wildman–Crippen LogP) is 2.62. The number of amides is 1. The minimum Gasteiger partial charge on any atom is -0.496 e. The van der Waals surface area contributed by atoms with E-state index in [-0.39, 0.29) is 12.5 Å². The molecule has 0 saturated carbocycles. The van der Waals surface area contributed by atoms with Gasteiger partial charge < -0.3 is 15.2 Å². The molecule has 0 saturated heterocycles. The van der Waals surface area contributed by atoms with E-state index >= 15 is 0 Å². The number of hydrogen-bond acceptors (Lipinski definition) is 3. The van der Waals surface area contributed by atoms with Crippen molar-refractivity contribution in [2.24, 2.45) is 5.92 Å². The first kappa shape index (κ1) is 17.5. The van der Waals surface area contributed by atoms with Crippen LogP contribution in [0.25, 0.3) is 0 Å². The molecule has 0 spiro atoms. The summed E-state index contributed by atoms with van der Waals surface area (Å²) in [6.07, 6.45) is 1.42. The van der Waals surface area contributed by atoms with Crippen molar-refractivity contribution >= 4 is 27.8 Å². The van der Waals surface area contributed by atoms with Gasteiger partial charge in [0.15, 0.2) is 0 Å². The third kappa shape index (κ3) is 5.75. The van der Waals surface area contributed by atoms with E-state index in [1.54, 1.807) is 14.0 Å². The van der Waals surface area contributed by atoms with Gasteiger partial charge in [0.05, 0.1) is 17.5 Å². The molecular formula is C15H20BrNO4. The quantitative estimate of drug-likeness (QED) is 0.749. The highest BCUT2D eigenvalue weighted by molar-refractivity contribution is 9.10. The van der Waals surface area contributed by atoms with Crippen molar-refractivity contribution < 1.29 is 19.4 Å². The summed E-state index contributed by atoms with van der Waals surface area (Å²) in [6, 6.07) is 5.66. The molecule has 1 amide bonds. The van der Waals surface area contributed by atoms with Gasteiger partial charge in [-0.2, -0.15) is 0 Å². The van der Waals surface area contributed by atoms with Crippen LogP contribution in [-0.4, -0.2) is 30.6 Å². The van der Waals surface area contributed by atoms with Gasteiger partial charge in [0.1, 0.15) is 5.75 Å². The Kier molecular flexibility index (Phi) is 7.22. The number of methoxy groups -OCH3 is 1. The van der Waals surface area contributed by atoms with Gasteiger partial charge in [0, 0.05) is 13.0 Å². The van der Waals surface area contributed by atoms with E-state index in [0.717, 1.165) is 15.8 Å². The van der Waals surface area contributed by atoms with Crippen molar-refractivity contribution in [2.75, 3.05) is 13.7 Å². The number of nitrogens with one attached hydrogen (secondary N) is 1. The Morgan fingerprint density at radius 3 is 2.67 bits per heavy atom. The number of carbonyl (C=O) groups excluding carboxylic acids is 1. The van der Waals surface area contributed by atoms with Crippen LogP contribution in [0, 0.1) is 5.92 Å². The molecule has 2 N–H and O–H groups in total. The molecule has 0 aromatic heterocycles. The number of hydrogen-bond donors (Lipinski definition) is 2. The number of halogens is 1. The van der Waals surface area contributed by atoms with Crippen molar-refractivity contribution in [2.45, 2.75) is 26.2 Å². The van der Waals surface area contributed by atoms with E-state index in [1.165, 1.54) is 0 Å².